The second kappa shape index (κ2) is 7.64. The highest BCUT2D eigenvalue weighted by Gasteiger charge is 2.29. The van der Waals surface area contributed by atoms with Gasteiger partial charge in [0.05, 0.1) is 11.3 Å². The molecule has 0 amide bonds. The Bertz CT molecular complexity index is 554. The van der Waals surface area contributed by atoms with E-state index in [-0.39, 0.29) is 11.4 Å². The summed E-state index contributed by atoms with van der Waals surface area (Å²) in [5.74, 6) is 0.475. The summed E-state index contributed by atoms with van der Waals surface area (Å²) in [6.45, 7) is 4.15. The van der Waals surface area contributed by atoms with Crippen LogP contribution in [0.15, 0.2) is 23.2 Å². The molecule has 1 unspecified atom stereocenters. The monoisotopic (exact) mass is 322 g/mol. The lowest BCUT2D eigenvalue weighted by molar-refractivity contribution is 0.0243. The molecule has 0 bridgehead atoms. The molecule has 128 valence electrons. The Hall–Kier alpha value is -1.82. The van der Waals surface area contributed by atoms with Crippen LogP contribution in [0.5, 0.6) is 0 Å². The minimum absolute atomic E-state index is 0.128. The molecular formula is C17H27FN4O. The van der Waals surface area contributed by atoms with Crippen LogP contribution < -0.4 is 15.5 Å². The zero-order chi connectivity index (χ0) is 16.9. The Labute approximate surface area is 137 Å². The number of aliphatic imine (C=N–C) groups is 1. The molecule has 1 aliphatic rings. The van der Waals surface area contributed by atoms with E-state index in [0.29, 0.717) is 24.7 Å². The van der Waals surface area contributed by atoms with Gasteiger partial charge >= 0.3 is 0 Å². The molecule has 0 aliphatic carbocycles. The van der Waals surface area contributed by atoms with Crippen LogP contribution in [-0.2, 0) is 11.3 Å². The van der Waals surface area contributed by atoms with Crippen molar-refractivity contribution in [1.29, 1.82) is 0 Å². The van der Waals surface area contributed by atoms with E-state index in [0.717, 1.165) is 25.0 Å². The maximum Gasteiger partial charge on any atom is 0.191 e. The molecule has 1 fully saturated rings. The van der Waals surface area contributed by atoms with E-state index in [1.54, 1.807) is 24.1 Å². The Kier molecular flexibility index (Phi) is 5.82. The number of rotatable bonds is 5. The highest BCUT2D eigenvalue weighted by Crippen LogP contribution is 2.23. The van der Waals surface area contributed by atoms with Crippen molar-refractivity contribution in [2.24, 2.45) is 4.99 Å². The van der Waals surface area contributed by atoms with Gasteiger partial charge in [-0.25, -0.2) is 4.39 Å². The van der Waals surface area contributed by atoms with Gasteiger partial charge in [0.25, 0.3) is 0 Å². The molecule has 0 saturated carbocycles. The highest BCUT2D eigenvalue weighted by atomic mass is 19.1. The first-order valence-electron chi connectivity index (χ1n) is 7.98. The summed E-state index contributed by atoms with van der Waals surface area (Å²) in [7, 11) is 5.38. The zero-order valence-corrected chi connectivity index (χ0v) is 14.4. The van der Waals surface area contributed by atoms with Crippen LogP contribution in [0.25, 0.3) is 0 Å². The van der Waals surface area contributed by atoms with Gasteiger partial charge in [-0.05, 0) is 37.5 Å². The summed E-state index contributed by atoms with van der Waals surface area (Å²) in [6, 6.07) is 5.26. The average molecular weight is 322 g/mol. The van der Waals surface area contributed by atoms with E-state index in [2.05, 4.69) is 22.5 Å². The fraction of sp³-hybridized carbons (Fsp3) is 0.588. The third kappa shape index (κ3) is 4.82. The van der Waals surface area contributed by atoms with Crippen LogP contribution >= 0.6 is 0 Å². The van der Waals surface area contributed by atoms with Gasteiger partial charge in [0.2, 0.25) is 0 Å². The SMILES string of the molecule is CN=C(NCc1ccc(N(C)C)c(F)c1)NCC1(C)CCCO1. The molecule has 1 atom stereocenters. The smallest absolute Gasteiger partial charge is 0.191 e. The fourth-order valence-corrected chi connectivity index (χ4v) is 2.68. The molecule has 1 aromatic carbocycles. The number of benzene rings is 1. The van der Waals surface area contributed by atoms with Crippen molar-refractivity contribution in [2.45, 2.75) is 31.9 Å². The van der Waals surface area contributed by atoms with Crippen LogP contribution in [0, 0.1) is 5.82 Å². The van der Waals surface area contributed by atoms with Crippen molar-refractivity contribution in [3.05, 3.63) is 29.6 Å². The number of hydrogen-bond donors (Lipinski definition) is 2. The third-order valence-corrected chi connectivity index (χ3v) is 4.11. The van der Waals surface area contributed by atoms with Gasteiger partial charge in [-0.3, -0.25) is 4.99 Å². The Morgan fingerprint density at radius 2 is 2.17 bits per heavy atom. The van der Waals surface area contributed by atoms with Crippen molar-refractivity contribution in [2.75, 3.05) is 39.2 Å². The second-order valence-electron chi connectivity index (χ2n) is 6.36. The van der Waals surface area contributed by atoms with Gasteiger partial charge in [0, 0.05) is 40.8 Å². The lowest BCUT2D eigenvalue weighted by atomic mass is 10.0. The number of anilines is 1. The maximum absolute atomic E-state index is 14.0. The van der Waals surface area contributed by atoms with Gasteiger partial charge in [0.1, 0.15) is 5.82 Å². The molecule has 0 radical (unpaired) electrons. The molecule has 2 N–H and O–H groups in total. The summed E-state index contributed by atoms with van der Waals surface area (Å²) in [4.78, 5) is 5.96. The van der Waals surface area contributed by atoms with Crippen molar-refractivity contribution < 1.29 is 9.13 Å². The van der Waals surface area contributed by atoms with E-state index in [9.17, 15) is 4.39 Å². The fourth-order valence-electron chi connectivity index (χ4n) is 2.68. The quantitative estimate of drug-likeness (QED) is 0.644. The summed E-state index contributed by atoms with van der Waals surface area (Å²) < 4.78 is 19.7. The zero-order valence-electron chi connectivity index (χ0n) is 14.4. The van der Waals surface area contributed by atoms with Crippen LogP contribution in [0.1, 0.15) is 25.3 Å². The predicted octanol–water partition coefficient (Wildman–Crippen LogP) is 2.13. The minimum Gasteiger partial charge on any atom is -0.375 e. The summed E-state index contributed by atoms with van der Waals surface area (Å²) >= 11 is 0. The van der Waals surface area contributed by atoms with E-state index in [1.165, 1.54) is 0 Å². The first-order valence-corrected chi connectivity index (χ1v) is 7.98. The van der Waals surface area contributed by atoms with E-state index >= 15 is 0 Å². The Morgan fingerprint density at radius 1 is 1.39 bits per heavy atom. The van der Waals surface area contributed by atoms with Gasteiger partial charge in [0.15, 0.2) is 5.96 Å². The molecule has 0 aromatic heterocycles. The number of halogens is 1. The predicted molar refractivity (Wildman–Crippen MR) is 92.5 cm³/mol. The van der Waals surface area contributed by atoms with Crippen molar-refractivity contribution in [3.63, 3.8) is 0 Å². The van der Waals surface area contributed by atoms with Gasteiger partial charge in [-0.2, -0.15) is 0 Å². The lowest BCUT2D eigenvalue weighted by Gasteiger charge is -2.24. The lowest BCUT2D eigenvalue weighted by Crippen LogP contribution is -2.45. The average Bonchev–Trinajstić information content (AvgIpc) is 2.94. The molecule has 2 rings (SSSR count). The first kappa shape index (κ1) is 17.5. The molecule has 23 heavy (non-hydrogen) atoms. The molecule has 0 spiro atoms. The third-order valence-electron chi connectivity index (χ3n) is 4.11. The maximum atomic E-state index is 14.0. The first-order chi connectivity index (χ1) is 10.9. The Balaban J connectivity index is 1.87. The standard InChI is InChI=1S/C17H27FN4O/c1-17(8-5-9-23-17)12-21-16(19-2)20-11-13-6-7-15(22(3)4)14(18)10-13/h6-7,10H,5,8-9,11-12H2,1-4H3,(H2,19,20,21). The van der Waals surface area contributed by atoms with Crippen molar-refractivity contribution in [3.8, 4) is 0 Å². The number of nitrogens with zero attached hydrogens (tertiary/aromatic N) is 2. The van der Waals surface area contributed by atoms with E-state index in [1.807, 2.05) is 20.2 Å². The van der Waals surface area contributed by atoms with Crippen molar-refractivity contribution in [1.82, 2.24) is 10.6 Å². The van der Waals surface area contributed by atoms with Gasteiger partial charge in [-0.1, -0.05) is 6.07 Å². The van der Waals surface area contributed by atoms with Gasteiger partial charge < -0.3 is 20.3 Å². The van der Waals surface area contributed by atoms with E-state index in [4.69, 9.17) is 4.74 Å². The molecule has 1 aromatic rings. The number of guanidine groups is 1. The minimum atomic E-state index is -0.218. The van der Waals surface area contributed by atoms with Gasteiger partial charge in [-0.15, -0.1) is 0 Å². The second-order valence-corrected chi connectivity index (χ2v) is 6.36. The number of nitrogens with one attached hydrogen (secondary N) is 2. The normalized spacial score (nSPS) is 21.3. The molecule has 1 heterocycles. The largest absolute Gasteiger partial charge is 0.375 e. The van der Waals surface area contributed by atoms with Crippen LogP contribution in [-0.4, -0.2) is 45.9 Å². The Morgan fingerprint density at radius 3 is 2.74 bits per heavy atom. The summed E-state index contributed by atoms with van der Waals surface area (Å²) in [5, 5.41) is 6.48. The summed E-state index contributed by atoms with van der Waals surface area (Å²) in [6.07, 6.45) is 2.15. The van der Waals surface area contributed by atoms with Crippen LogP contribution in [0.4, 0.5) is 10.1 Å². The molecular weight excluding hydrogens is 295 g/mol. The number of ether oxygens (including phenoxy) is 1. The van der Waals surface area contributed by atoms with Crippen LogP contribution in [0.3, 0.4) is 0 Å². The van der Waals surface area contributed by atoms with E-state index < -0.39 is 0 Å². The molecule has 1 aliphatic heterocycles. The van der Waals surface area contributed by atoms with Crippen molar-refractivity contribution >= 4 is 11.6 Å². The molecule has 1 saturated heterocycles. The molecule has 6 heteroatoms. The number of hydrogen-bond acceptors (Lipinski definition) is 3. The van der Waals surface area contributed by atoms with Crippen LogP contribution in [0.2, 0.25) is 0 Å². The highest BCUT2D eigenvalue weighted by molar-refractivity contribution is 5.79. The summed E-state index contributed by atoms with van der Waals surface area (Å²) in [5.41, 5.74) is 1.33. The molecule has 5 nitrogen and oxygen atoms in total. The topological polar surface area (TPSA) is 48.9 Å².